The normalized spacial score (nSPS) is 12.9. The van der Waals surface area contributed by atoms with E-state index in [0.29, 0.717) is 24.7 Å². The van der Waals surface area contributed by atoms with Crippen molar-refractivity contribution in [2.45, 2.75) is 31.3 Å². The lowest BCUT2D eigenvalue weighted by atomic mass is 10.2. The first kappa shape index (κ1) is 22.7. The molecule has 0 bridgehead atoms. The molecule has 172 valence electrons. The Morgan fingerprint density at radius 1 is 1.03 bits per heavy atom. The van der Waals surface area contributed by atoms with E-state index in [4.69, 9.17) is 15.2 Å². The minimum atomic E-state index is -0.659. The maximum absolute atomic E-state index is 13.1. The van der Waals surface area contributed by atoms with Gasteiger partial charge in [0.25, 0.3) is 5.56 Å². The molecular weight excluding hydrogens is 442 g/mol. The number of carbonyl (C=O) groups is 1. The summed E-state index contributed by atoms with van der Waals surface area (Å²) in [7, 11) is 0. The molecule has 0 saturated heterocycles. The van der Waals surface area contributed by atoms with Gasteiger partial charge in [0.15, 0.2) is 17.3 Å². The second-order valence-electron chi connectivity index (χ2n) is 7.53. The molecule has 0 radical (unpaired) electrons. The number of benzene rings is 2. The van der Waals surface area contributed by atoms with Gasteiger partial charge in [-0.25, -0.2) is 4.79 Å². The molecule has 3 aromatic rings. The van der Waals surface area contributed by atoms with Crippen molar-refractivity contribution in [3.8, 4) is 11.5 Å². The number of ketones is 1. The quantitative estimate of drug-likeness (QED) is 0.421. The van der Waals surface area contributed by atoms with Crippen LogP contribution in [0.15, 0.2) is 63.0 Å². The molecule has 2 heterocycles. The van der Waals surface area contributed by atoms with Crippen molar-refractivity contribution in [1.29, 1.82) is 0 Å². The van der Waals surface area contributed by atoms with Crippen LogP contribution in [-0.2, 0) is 13.1 Å². The molecule has 0 spiro atoms. The van der Waals surface area contributed by atoms with Gasteiger partial charge in [0.1, 0.15) is 11.4 Å². The fraction of sp³-hybridized carbons (Fsp3) is 0.292. The van der Waals surface area contributed by atoms with Gasteiger partial charge in [-0.1, -0.05) is 30.3 Å². The highest BCUT2D eigenvalue weighted by Gasteiger charge is 2.23. The summed E-state index contributed by atoms with van der Waals surface area (Å²) in [5, 5.41) is 0. The van der Waals surface area contributed by atoms with Gasteiger partial charge in [0.05, 0.1) is 25.5 Å². The lowest BCUT2D eigenvalue weighted by molar-refractivity contribution is 0.102. The van der Waals surface area contributed by atoms with Crippen LogP contribution in [0, 0.1) is 0 Å². The van der Waals surface area contributed by atoms with Crippen molar-refractivity contribution >= 4 is 23.4 Å². The van der Waals surface area contributed by atoms with Crippen LogP contribution < -0.4 is 26.5 Å². The Hall–Kier alpha value is -3.46. The van der Waals surface area contributed by atoms with Crippen LogP contribution in [0.2, 0.25) is 0 Å². The van der Waals surface area contributed by atoms with Gasteiger partial charge in [0, 0.05) is 17.9 Å². The van der Waals surface area contributed by atoms with E-state index in [1.165, 1.54) is 16.3 Å². The molecular formula is C24H25N3O5S. The van der Waals surface area contributed by atoms with Gasteiger partial charge in [-0.2, -0.15) is 0 Å². The largest absolute Gasteiger partial charge is 0.490 e. The fourth-order valence-corrected chi connectivity index (χ4v) is 4.43. The molecule has 0 saturated carbocycles. The number of hydrogen-bond acceptors (Lipinski definition) is 7. The second-order valence-corrected chi connectivity index (χ2v) is 8.58. The fourth-order valence-electron chi connectivity index (χ4n) is 3.63. The average molecular weight is 468 g/mol. The van der Waals surface area contributed by atoms with E-state index in [-0.39, 0.29) is 30.2 Å². The Morgan fingerprint density at radius 2 is 1.76 bits per heavy atom. The summed E-state index contributed by atoms with van der Waals surface area (Å²) >= 11 is 1.27. The van der Waals surface area contributed by atoms with Gasteiger partial charge in [-0.05, 0) is 30.7 Å². The van der Waals surface area contributed by atoms with Crippen LogP contribution in [0.3, 0.4) is 0 Å². The number of nitrogen functional groups attached to an aromatic ring is 1. The van der Waals surface area contributed by atoms with Gasteiger partial charge >= 0.3 is 5.69 Å². The maximum atomic E-state index is 13.1. The predicted octanol–water partition coefficient (Wildman–Crippen LogP) is 2.80. The zero-order chi connectivity index (χ0) is 23.4. The smallest absolute Gasteiger partial charge is 0.332 e. The zero-order valence-corrected chi connectivity index (χ0v) is 19.1. The van der Waals surface area contributed by atoms with Gasteiger partial charge in [-0.3, -0.25) is 18.7 Å². The number of hydrogen-bond donors (Lipinski definition) is 1. The number of carbonyl (C=O) groups excluding carboxylic acids is 1. The summed E-state index contributed by atoms with van der Waals surface area (Å²) in [6.45, 7) is 3.16. The number of anilines is 1. The molecule has 33 heavy (non-hydrogen) atoms. The van der Waals surface area contributed by atoms with E-state index in [9.17, 15) is 14.4 Å². The first-order valence-electron chi connectivity index (χ1n) is 10.7. The number of fused-ring (bicyclic) bond motifs is 1. The molecule has 0 unspecified atom stereocenters. The minimum absolute atomic E-state index is 0.00760. The van der Waals surface area contributed by atoms with Crippen molar-refractivity contribution in [3.63, 3.8) is 0 Å². The monoisotopic (exact) mass is 467 g/mol. The predicted molar refractivity (Wildman–Crippen MR) is 128 cm³/mol. The van der Waals surface area contributed by atoms with E-state index in [2.05, 4.69) is 0 Å². The standard InChI is InChI=1S/C24H25N3O5S/c1-2-26-23(29)21(22(25)27(24(26)30)14-16-7-4-3-5-8-16)18(28)15-33-17-9-10-19-20(13-17)32-12-6-11-31-19/h3-5,7-10,13H,2,6,11-12,14-15,25H2,1H3. The molecule has 0 amide bonds. The van der Waals surface area contributed by atoms with Crippen LogP contribution >= 0.6 is 11.8 Å². The number of ether oxygens (including phenoxy) is 2. The van der Waals surface area contributed by atoms with Crippen molar-refractivity contribution in [1.82, 2.24) is 9.13 Å². The Kier molecular flexibility index (Phi) is 6.88. The Labute approximate surface area is 194 Å². The SMILES string of the molecule is CCn1c(=O)c(C(=O)CSc2ccc3c(c2)OCCCO3)c(N)n(Cc2ccccc2)c1=O. The van der Waals surface area contributed by atoms with E-state index >= 15 is 0 Å². The Bertz CT molecular complexity index is 1280. The summed E-state index contributed by atoms with van der Waals surface area (Å²) in [4.78, 5) is 39.7. The molecule has 2 N–H and O–H groups in total. The number of rotatable bonds is 7. The molecule has 2 aromatic carbocycles. The number of nitrogens with two attached hydrogens (primary N) is 1. The van der Waals surface area contributed by atoms with Crippen LogP contribution in [0.25, 0.3) is 0 Å². The first-order valence-corrected chi connectivity index (χ1v) is 11.7. The zero-order valence-electron chi connectivity index (χ0n) is 18.3. The third-order valence-corrected chi connectivity index (χ3v) is 6.33. The molecule has 1 aliphatic rings. The number of thioether (sulfide) groups is 1. The van der Waals surface area contributed by atoms with Crippen molar-refractivity contribution in [2.75, 3.05) is 24.7 Å². The molecule has 1 aliphatic heterocycles. The lowest BCUT2D eigenvalue weighted by Crippen LogP contribution is -2.44. The molecule has 1 aromatic heterocycles. The molecule has 0 fully saturated rings. The van der Waals surface area contributed by atoms with Crippen LogP contribution in [0.1, 0.15) is 29.3 Å². The van der Waals surface area contributed by atoms with Gasteiger partial charge in [-0.15, -0.1) is 11.8 Å². The molecule has 0 atom stereocenters. The summed E-state index contributed by atoms with van der Waals surface area (Å²) < 4.78 is 13.7. The molecule has 0 aliphatic carbocycles. The van der Waals surface area contributed by atoms with E-state index < -0.39 is 17.0 Å². The number of nitrogens with zero attached hydrogens (tertiary/aromatic N) is 2. The van der Waals surface area contributed by atoms with Crippen molar-refractivity contribution < 1.29 is 14.3 Å². The van der Waals surface area contributed by atoms with Crippen molar-refractivity contribution in [2.24, 2.45) is 0 Å². The average Bonchev–Trinajstić information content (AvgIpc) is 3.06. The lowest BCUT2D eigenvalue weighted by Gasteiger charge is -2.16. The van der Waals surface area contributed by atoms with Gasteiger partial charge < -0.3 is 15.2 Å². The van der Waals surface area contributed by atoms with Crippen molar-refractivity contribution in [3.05, 3.63) is 80.5 Å². The van der Waals surface area contributed by atoms with Gasteiger partial charge in [0.2, 0.25) is 0 Å². The third kappa shape index (κ3) is 4.83. The third-order valence-electron chi connectivity index (χ3n) is 5.34. The Balaban J connectivity index is 1.62. The highest BCUT2D eigenvalue weighted by atomic mass is 32.2. The van der Waals surface area contributed by atoms with E-state index in [1.54, 1.807) is 6.92 Å². The highest BCUT2D eigenvalue weighted by Crippen LogP contribution is 2.34. The van der Waals surface area contributed by atoms with Crippen LogP contribution in [0.5, 0.6) is 11.5 Å². The first-order chi connectivity index (χ1) is 16.0. The number of aromatic nitrogens is 2. The summed E-state index contributed by atoms with van der Waals surface area (Å²) in [5.41, 5.74) is 5.71. The van der Waals surface area contributed by atoms with Crippen LogP contribution in [0.4, 0.5) is 5.82 Å². The minimum Gasteiger partial charge on any atom is -0.490 e. The maximum Gasteiger partial charge on any atom is 0.332 e. The summed E-state index contributed by atoms with van der Waals surface area (Å²) in [6.07, 6.45) is 0.803. The topological polar surface area (TPSA) is 106 Å². The summed E-state index contributed by atoms with van der Waals surface area (Å²) in [6, 6.07) is 14.8. The Morgan fingerprint density at radius 3 is 2.48 bits per heavy atom. The molecule has 9 heteroatoms. The second kappa shape index (κ2) is 9.99. The van der Waals surface area contributed by atoms with E-state index in [0.717, 1.165) is 21.4 Å². The van der Waals surface area contributed by atoms with Crippen LogP contribution in [-0.4, -0.2) is 33.9 Å². The number of Topliss-reactive ketones (excluding diaryl/α,β-unsaturated/α-hetero) is 1. The molecule has 4 rings (SSSR count). The molecule has 8 nitrogen and oxygen atoms in total. The van der Waals surface area contributed by atoms with E-state index in [1.807, 2.05) is 48.5 Å². The highest BCUT2D eigenvalue weighted by molar-refractivity contribution is 8.00. The summed E-state index contributed by atoms with van der Waals surface area (Å²) in [5.74, 6) is 0.758.